The highest BCUT2D eigenvalue weighted by atomic mass is 16.5. The first-order valence-electron chi connectivity index (χ1n) is 9.20. The maximum absolute atomic E-state index is 11.7. The fraction of sp³-hybridized carbons (Fsp3) is 0.174. The average Bonchev–Trinajstić information content (AvgIpc) is 2.78. The predicted molar refractivity (Wildman–Crippen MR) is 116 cm³/mol. The van der Waals surface area contributed by atoms with E-state index in [0.29, 0.717) is 22.7 Å². The molecular formula is C23H22N4O3. The van der Waals surface area contributed by atoms with E-state index < -0.39 is 0 Å². The molecule has 152 valence electrons. The molecule has 0 bridgehead atoms. The van der Waals surface area contributed by atoms with Crippen molar-refractivity contribution in [3.8, 4) is 28.7 Å². The molecule has 3 aromatic rings. The van der Waals surface area contributed by atoms with Crippen molar-refractivity contribution < 1.29 is 14.3 Å². The third kappa shape index (κ3) is 4.18. The summed E-state index contributed by atoms with van der Waals surface area (Å²) in [7, 11) is 4.86. The summed E-state index contributed by atoms with van der Waals surface area (Å²) in [6.45, 7) is 1.51. The summed E-state index contributed by atoms with van der Waals surface area (Å²) in [6, 6.07) is 15.1. The molecule has 2 aromatic carbocycles. The largest absolute Gasteiger partial charge is 0.493 e. The number of pyridine rings is 1. The van der Waals surface area contributed by atoms with Gasteiger partial charge in [0.15, 0.2) is 11.5 Å². The van der Waals surface area contributed by atoms with Gasteiger partial charge in [0, 0.05) is 43.3 Å². The Labute approximate surface area is 175 Å². The number of hydrogen-bond donors (Lipinski definition) is 1. The topological polar surface area (TPSA) is 87.5 Å². The van der Waals surface area contributed by atoms with Gasteiger partial charge < -0.3 is 19.7 Å². The lowest BCUT2D eigenvalue weighted by molar-refractivity contribution is -0.116. The highest BCUT2D eigenvalue weighted by molar-refractivity contribution is 5.92. The summed E-state index contributed by atoms with van der Waals surface area (Å²) in [4.78, 5) is 17.5. The van der Waals surface area contributed by atoms with Crippen molar-refractivity contribution >= 4 is 23.0 Å². The van der Waals surface area contributed by atoms with Crippen molar-refractivity contribution in [1.82, 2.24) is 4.98 Å². The molecule has 1 heterocycles. The summed E-state index contributed by atoms with van der Waals surface area (Å²) in [5.41, 5.74) is 4.05. The lowest BCUT2D eigenvalue weighted by Gasteiger charge is -2.18. The maximum atomic E-state index is 11.7. The Balaban J connectivity index is 2.08. The van der Waals surface area contributed by atoms with E-state index in [9.17, 15) is 10.1 Å². The van der Waals surface area contributed by atoms with Gasteiger partial charge in [0.05, 0.1) is 25.5 Å². The number of amides is 1. The van der Waals surface area contributed by atoms with Crippen molar-refractivity contribution in [2.45, 2.75) is 6.92 Å². The molecule has 0 saturated carbocycles. The van der Waals surface area contributed by atoms with Crippen LogP contribution < -0.4 is 19.7 Å². The second-order valence-corrected chi connectivity index (χ2v) is 6.54. The molecule has 0 unspecified atom stereocenters. The van der Waals surface area contributed by atoms with E-state index in [4.69, 9.17) is 9.47 Å². The van der Waals surface area contributed by atoms with Gasteiger partial charge in [-0.15, -0.1) is 0 Å². The number of benzene rings is 2. The number of aromatic nitrogens is 1. The standard InChI is InChI=1S/C23H22N4O3/c1-15(28)27(2)19-7-5-6-18(11-19)26-23-17(12-24)13-25-14-20(23)16-8-9-21(29-3)22(10-16)30-4/h5-11,13-14H,1-4H3,(H,25,26). The van der Waals surface area contributed by atoms with Gasteiger partial charge in [-0.25, -0.2) is 0 Å². The van der Waals surface area contributed by atoms with Crippen molar-refractivity contribution in [3.05, 3.63) is 60.4 Å². The average molecular weight is 402 g/mol. The van der Waals surface area contributed by atoms with Crippen LogP contribution in [0.1, 0.15) is 12.5 Å². The quantitative estimate of drug-likeness (QED) is 0.659. The first kappa shape index (κ1) is 20.7. The number of rotatable bonds is 6. The molecule has 0 aliphatic carbocycles. The van der Waals surface area contributed by atoms with Crippen LogP contribution in [0.3, 0.4) is 0 Å². The molecule has 30 heavy (non-hydrogen) atoms. The zero-order chi connectivity index (χ0) is 21.7. The number of hydrogen-bond acceptors (Lipinski definition) is 6. The van der Waals surface area contributed by atoms with E-state index >= 15 is 0 Å². The molecule has 3 rings (SSSR count). The Bertz CT molecular complexity index is 1120. The van der Waals surface area contributed by atoms with Crippen LogP contribution in [0.2, 0.25) is 0 Å². The lowest BCUT2D eigenvalue weighted by Crippen LogP contribution is -2.22. The molecule has 7 nitrogen and oxygen atoms in total. The molecular weight excluding hydrogens is 380 g/mol. The third-order valence-electron chi connectivity index (χ3n) is 4.74. The summed E-state index contributed by atoms with van der Waals surface area (Å²) >= 11 is 0. The first-order chi connectivity index (χ1) is 14.5. The number of anilines is 3. The van der Waals surface area contributed by atoms with E-state index in [-0.39, 0.29) is 5.91 Å². The lowest BCUT2D eigenvalue weighted by atomic mass is 10.0. The van der Waals surface area contributed by atoms with Crippen LogP contribution in [-0.4, -0.2) is 32.2 Å². The van der Waals surface area contributed by atoms with E-state index in [1.54, 1.807) is 38.4 Å². The molecule has 0 atom stereocenters. The van der Waals surface area contributed by atoms with Gasteiger partial charge in [-0.3, -0.25) is 9.78 Å². The van der Waals surface area contributed by atoms with Gasteiger partial charge in [0.25, 0.3) is 0 Å². The van der Waals surface area contributed by atoms with Gasteiger partial charge >= 0.3 is 0 Å². The molecule has 0 fully saturated rings. The van der Waals surface area contributed by atoms with Gasteiger partial charge in [-0.2, -0.15) is 5.26 Å². The highest BCUT2D eigenvalue weighted by Crippen LogP contribution is 2.37. The molecule has 0 aliphatic rings. The first-order valence-corrected chi connectivity index (χ1v) is 9.20. The second-order valence-electron chi connectivity index (χ2n) is 6.54. The number of carbonyl (C=O) groups excluding carboxylic acids is 1. The molecule has 0 radical (unpaired) electrons. The van der Waals surface area contributed by atoms with E-state index in [0.717, 1.165) is 22.5 Å². The number of ether oxygens (including phenoxy) is 2. The Morgan fingerprint density at radius 1 is 1.10 bits per heavy atom. The van der Waals surface area contributed by atoms with Crippen molar-refractivity contribution in [1.29, 1.82) is 5.26 Å². The Morgan fingerprint density at radius 3 is 2.53 bits per heavy atom. The van der Waals surface area contributed by atoms with E-state index in [1.807, 2.05) is 36.4 Å². The zero-order valence-electron chi connectivity index (χ0n) is 17.3. The third-order valence-corrected chi connectivity index (χ3v) is 4.74. The van der Waals surface area contributed by atoms with E-state index in [1.165, 1.54) is 13.1 Å². The Kier molecular flexibility index (Phi) is 6.18. The number of carbonyl (C=O) groups is 1. The minimum atomic E-state index is -0.0696. The van der Waals surface area contributed by atoms with Gasteiger partial charge in [-0.05, 0) is 35.9 Å². The monoisotopic (exact) mass is 402 g/mol. The second kappa shape index (κ2) is 8.97. The van der Waals surface area contributed by atoms with Gasteiger partial charge in [0.2, 0.25) is 5.91 Å². The molecule has 1 amide bonds. The van der Waals surface area contributed by atoms with Crippen molar-refractivity contribution in [2.75, 3.05) is 31.5 Å². The molecule has 0 saturated heterocycles. The van der Waals surface area contributed by atoms with Crippen LogP contribution in [0.15, 0.2) is 54.9 Å². The van der Waals surface area contributed by atoms with Gasteiger partial charge in [-0.1, -0.05) is 12.1 Å². The van der Waals surface area contributed by atoms with Crippen LogP contribution in [0.5, 0.6) is 11.5 Å². The molecule has 7 heteroatoms. The van der Waals surface area contributed by atoms with E-state index in [2.05, 4.69) is 16.4 Å². The summed E-state index contributed by atoms with van der Waals surface area (Å²) in [6.07, 6.45) is 3.20. The highest BCUT2D eigenvalue weighted by Gasteiger charge is 2.15. The van der Waals surface area contributed by atoms with Crippen LogP contribution in [0.25, 0.3) is 11.1 Å². The van der Waals surface area contributed by atoms with Crippen LogP contribution in [0.4, 0.5) is 17.1 Å². The zero-order valence-corrected chi connectivity index (χ0v) is 17.3. The summed E-state index contributed by atoms with van der Waals surface area (Å²) < 4.78 is 10.7. The molecule has 0 spiro atoms. The smallest absolute Gasteiger partial charge is 0.223 e. The van der Waals surface area contributed by atoms with Crippen molar-refractivity contribution in [2.24, 2.45) is 0 Å². The molecule has 0 aliphatic heterocycles. The minimum Gasteiger partial charge on any atom is -0.493 e. The Morgan fingerprint density at radius 2 is 1.87 bits per heavy atom. The molecule has 1 N–H and O–H groups in total. The Hall–Kier alpha value is -4.05. The number of nitriles is 1. The number of nitrogens with one attached hydrogen (secondary N) is 1. The summed E-state index contributed by atoms with van der Waals surface area (Å²) in [5, 5.41) is 13.0. The minimum absolute atomic E-state index is 0.0696. The normalized spacial score (nSPS) is 10.1. The van der Waals surface area contributed by atoms with Crippen LogP contribution in [-0.2, 0) is 4.79 Å². The fourth-order valence-electron chi connectivity index (χ4n) is 3.02. The number of methoxy groups -OCH3 is 2. The van der Waals surface area contributed by atoms with Gasteiger partial charge in [0.1, 0.15) is 6.07 Å². The maximum Gasteiger partial charge on any atom is 0.223 e. The van der Waals surface area contributed by atoms with Crippen LogP contribution >= 0.6 is 0 Å². The predicted octanol–water partition coefficient (Wildman–Crippen LogP) is 4.36. The van der Waals surface area contributed by atoms with Crippen LogP contribution in [0, 0.1) is 11.3 Å². The number of nitrogens with zero attached hydrogens (tertiary/aromatic N) is 3. The fourth-order valence-corrected chi connectivity index (χ4v) is 3.02. The SMILES string of the molecule is COc1ccc(-c2cncc(C#N)c2Nc2cccc(N(C)C(C)=O)c2)cc1OC. The summed E-state index contributed by atoms with van der Waals surface area (Å²) in [5.74, 6) is 1.12. The molecule has 1 aromatic heterocycles. The van der Waals surface area contributed by atoms with Crippen molar-refractivity contribution in [3.63, 3.8) is 0 Å².